The zero-order chi connectivity index (χ0) is 12.4. The molecule has 17 heavy (non-hydrogen) atoms. The molecule has 0 N–H and O–H groups in total. The van der Waals surface area contributed by atoms with Gasteiger partial charge < -0.3 is 9.64 Å². The average molecular weight is 233 g/mol. The van der Waals surface area contributed by atoms with E-state index >= 15 is 0 Å². The van der Waals surface area contributed by atoms with Crippen molar-refractivity contribution < 1.29 is 14.3 Å². The largest absolute Gasteiger partial charge is 0.495 e. The lowest BCUT2D eigenvalue weighted by molar-refractivity contribution is -0.118. The minimum Gasteiger partial charge on any atom is -0.495 e. The second-order valence-corrected chi connectivity index (χ2v) is 3.94. The molecule has 1 aliphatic heterocycles. The molecule has 1 aromatic rings. The smallest absolute Gasteiger partial charge is 0.227 e. The fourth-order valence-corrected chi connectivity index (χ4v) is 2.29. The lowest BCUT2D eigenvalue weighted by Crippen LogP contribution is -2.35. The number of fused-ring (bicyclic) bond motifs is 1. The molecule has 1 aliphatic rings. The number of nitrogens with zero attached hydrogens (tertiary/aromatic N) is 1. The molecule has 1 heterocycles. The maximum atomic E-state index is 11.8. The first-order valence-electron chi connectivity index (χ1n) is 5.68. The number of anilines is 1. The monoisotopic (exact) mass is 233 g/mol. The number of carbonyl (C=O) groups is 2. The summed E-state index contributed by atoms with van der Waals surface area (Å²) in [5, 5.41) is 0. The van der Waals surface area contributed by atoms with E-state index in [2.05, 4.69) is 0 Å². The molecule has 0 unspecified atom stereocenters. The van der Waals surface area contributed by atoms with Crippen molar-refractivity contribution in [1.82, 2.24) is 0 Å². The van der Waals surface area contributed by atoms with Crippen LogP contribution in [0, 0.1) is 0 Å². The van der Waals surface area contributed by atoms with Crippen LogP contribution in [0.25, 0.3) is 0 Å². The summed E-state index contributed by atoms with van der Waals surface area (Å²) in [5.41, 5.74) is 2.32. The van der Waals surface area contributed by atoms with Crippen LogP contribution in [0.1, 0.15) is 29.3 Å². The Balaban J connectivity index is 2.65. The summed E-state index contributed by atoms with van der Waals surface area (Å²) in [6, 6.07) is 3.48. The van der Waals surface area contributed by atoms with Crippen molar-refractivity contribution in [2.45, 2.75) is 19.8 Å². The van der Waals surface area contributed by atoms with Crippen molar-refractivity contribution in [3.8, 4) is 5.75 Å². The number of amides is 1. The Hall–Kier alpha value is -1.84. The number of benzene rings is 1. The summed E-state index contributed by atoms with van der Waals surface area (Å²) in [6.07, 6.45) is 1.90. The number of hydrogen-bond donors (Lipinski definition) is 0. The molecule has 0 aromatic heterocycles. The highest BCUT2D eigenvalue weighted by molar-refractivity contribution is 6.00. The van der Waals surface area contributed by atoms with Crippen LogP contribution in [-0.4, -0.2) is 25.8 Å². The maximum absolute atomic E-state index is 11.8. The van der Waals surface area contributed by atoms with E-state index in [0.717, 1.165) is 17.5 Å². The number of methoxy groups -OCH3 is 1. The Morgan fingerprint density at radius 3 is 2.76 bits per heavy atom. The van der Waals surface area contributed by atoms with Gasteiger partial charge in [0.2, 0.25) is 5.91 Å². The minimum atomic E-state index is 0.0846. The molecular weight excluding hydrogens is 218 g/mol. The summed E-state index contributed by atoms with van der Waals surface area (Å²) in [4.78, 5) is 24.5. The van der Waals surface area contributed by atoms with Crippen LogP contribution in [0.5, 0.6) is 5.75 Å². The molecular formula is C13H15NO3. The van der Waals surface area contributed by atoms with E-state index in [4.69, 9.17) is 4.74 Å². The van der Waals surface area contributed by atoms with Crippen molar-refractivity contribution in [1.29, 1.82) is 0 Å². The van der Waals surface area contributed by atoms with Gasteiger partial charge in [-0.1, -0.05) is 0 Å². The predicted octanol–water partition coefficient (Wildman–Crippen LogP) is 1.81. The summed E-state index contributed by atoms with van der Waals surface area (Å²) < 4.78 is 5.28. The second-order valence-electron chi connectivity index (χ2n) is 3.94. The topological polar surface area (TPSA) is 46.6 Å². The normalized spacial score (nSPS) is 14.5. The summed E-state index contributed by atoms with van der Waals surface area (Å²) in [7, 11) is 1.57. The van der Waals surface area contributed by atoms with Gasteiger partial charge in [0.05, 0.1) is 12.8 Å². The van der Waals surface area contributed by atoms with Crippen LogP contribution in [0.2, 0.25) is 0 Å². The standard InChI is InChI=1S/C13H15NO3/c1-3-14-12(16)7-5-10-9(8-15)4-6-11(17-2)13(10)14/h4,6,8H,3,5,7H2,1-2H3. The Kier molecular flexibility index (Phi) is 3.13. The Bertz CT molecular complexity index is 468. The van der Waals surface area contributed by atoms with E-state index in [1.807, 2.05) is 6.92 Å². The van der Waals surface area contributed by atoms with Gasteiger partial charge in [-0.3, -0.25) is 9.59 Å². The van der Waals surface area contributed by atoms with Crippen LogP contribution < -0.4 is 9.64 Å². The molecule has 0 spiro atoms. The van der Waals surface area contributed by atoms with Gasteiger partial charge in [-0.15, -0.1) is 0 Å². The molecule has 0 saturated carbocycles. The summed E-state index contributed by atoms with van der Waals surface area (Å²) in [5.74, 6) is 0.738. The van der Waals surface area contributed by atoms with Crippen LogP contribution in [0.3, 0.4) is 0 Å². The third kappa shape index (κ3) is 1.79. The van der Waals surface area contributed by atoms with Gasteiger partial charge in [-0.25, -0.2) is 0 Å². The van der Waals surface area contributed by atoms with Crippen LogP contribution >= 0.6 is 0 Å². The fourth-order valence-electron chi connectivity index (χ4n) is 2.29. The number of carbonyl (C=O) groups excluding carboxylic acids is 2. The van der Waals surface area contributed by atoms with Crippen LogP contribution in [0.4, 0.5) is 5.69 Å². The molecule has 0 bridgehead atoms. The predicted molar refractivity (Wildman–Crippen MR) is 64.7 cm³/mol. The SMILES string of the molecule is CCN1C(=O)CCc2c(C=O)ccc(OC)c21. The Morgan fingerprint density at radius 1 is 1.41 bits per heavy atom. The van der Waals surface area contributed by atoms with E-state index in [0.29, 0.717) is 30.7 Å². The van der Waals surface area contributed by atoms with Crippen molar-refractivity contribution in [2.24, 2.45) is 0 Å². The fraction of sp³-hybridized carbons (Fsp3) is 0.385. The average Bonchev–Trinajstić information content (AvgIpc) is 2.37. The Morgan fingerprint density at radius 2 is 2.18 bits per heavy atom. The molecule has 1 amide bonds. The van der Waals surface area contributed by atoms with Gasteiger partial charge in [-0.2, -0.15) is 0 Å². The Labute approximate surface area is 100 Å². The quantitative estimate of drug-likeness (QED) is 0.748. The molecule has 0 atom stereocenters. The molecule has 0 radical (unpaired) electrons. The lowest BCUT2D eigenvalue weighted by Gasteiger charge is -2.30. The number of aldehydes is 1. The molecule has 0 aliphatic carbocycles. The highest BCUT2D eigenvalue weighted by Gasteiger charge is 2.27. The molecule has 2 rings (SSSR count). The van der Waals surface area contributed by atoms with Gasteiger partial charge >= 0.3 is 0 Å². The molecule has 1 aromatic carbocycles. The molecule has 0 saturated heterocycles. The third-order valence-electron chi connectivity index (χ3n) is 3.10. The maximum Gasteiger partial charge on any atom is 0.227 e. The molecule has 4 heteroatoms. The summed E-state index contributed by atoms with van der Waals surface area (Å²) in [6.45, 7) is 2.50. The first kappa shape index (κ1) is 11.6. The van der Waals surface area contributed by atoms with Crippen molar-refractivity contribution in [3.05, 3.63) is 23.3 Å². The molecule has 4 nitrogen and oxygen atoms in total. The second kappa shape index (κ2) is 4.57. The number of ether oxygens (including phenoxy) is 1. The van der Waals surface area contributed by atoms with Gasteiger partial charge in [0, 0.05) is 18.5 Å². The number of hydrogen-bond acceptors (Lipinski definition) is 3. The lowest BCUT2D eigenvalue weighted by atomic mass is 9.95. The van der Waals surface area contributed by atoms with E-state index in [-0.39, 0.29) is 5.91 Å². The van der Waals surface area contributed by atoms with Gasteiger partial charge in [0.1, 0.15) is 12.0 Å². The zero-order valence-corrected chi connectivity index (χ0v) is 10.0. The summed E-state index contributed by atoms with van der Waals surface area (Å²) >= 11 is 0. The highest BCUT2D eigenvalue weighted by Crippen LogP contribution is 2.38. The van der Waals surface area contributed by atoms with Gasteiger partial charge in [-0.05, 0) is 31.0 Å². The third-order valence-corrected chi connectivity index (χ3v) is 3.10. The first-order valence-corrected chi connectivity index (χ1v) is 5.68. The van der Waals surface area contributed by atoms with Gasteiger partial charge in [0.15, 0.2) is 0 Å². The van der Waals surface area contributed by atoms with Gasteiger partial charge in [0.25, 0.3) is 0 Å². The molecule has 0 fully saturated rings. The van der Waals surface area contributed by atoms with Crippen molar-refractivity contribution in [3.63, 3.8) is 0 Å². The highest BCUT2D eigenvalue weighted by atomic mass is 16.5. The van der Waals surface area contributed by atoms with E-state index in [9.17, 15) is 9.59 Å². The van der Waals surface area contributed by atoms with Crippen LogP contribution in [0.15, 0.2) is 12.1 Å². The van der Waals surface area contributed by atoms with E-state index < -0.39 is 0 Å². The van der Waals surface area contributed by atoms with Crippen molar-refractivity contribution in [2.75, 3.05) is 18.6 Å². The first-order chi connectivity index (χ1) is 8.22. The van der Waals surface area contributed by atoms with Crippen molar-refractivity contribution >= 4 is 17.9 Å². The minimum absolute atomic E-state index is 0.0846. The number of rotatable bonds is 3. The zero-order valence-electron chi connectivity index (χ0n) is 10.0. The molecule has 90 valence electrons. The van der Waals surface area contributed by atoms with E-state index in [1.165, 1.54) is 0 Å². The van der Waals surface area contributed by atoms with Crippen LogP contribution in [-0.2, 0) is 11.2 Å². The van der Waals surface area contributed by atoms with E-state index in [1.54, 1.807) is 24.1 Å².